The van der Waals surface area contributed by atoms with E-state index < -0.39 is 24.3 Å². The number of ether oxygens (including phenoxy) is 2. The average molecular weight is 602 g/mol. The van der Waals surface area contributed by atoms with Crippen molar-refractivity contribution in [2.45, 2.75) is 50.6 Å². The maximum absolute atomic E-state index is 12.8. The van der Waals surface area contributed by atoms with Gasteiger partial charge in [0.05, 0.1) is 19.7 Å². The second-order valence-electron chi connectivity index (χ2n) is 9.71. The van der Waals surface area contributed by atoms with Gasteiger partial charge in [0.2, 0.25) is 11.8 Å². The molecule has 1 amide bonds. The van der Waals surface area contributed by atoms with Gasteiger partial charge in [0, 0.05) is 24.8 Å². The smallest absolute Gasteiger partial charge is 0.478 e. The number of amides is 1. The number of carbonyl (C=O) groups is 3. The lowest BCUT2D eigenvalue weighted by Gasteiger charge is -2.51. The Bertz CT molecular complexity index is 972. The van der Waals surface area contributed by atoms with E-state index in [9.17, 15) is 31.1 Å². The normalized spacial score (nSPS) is 20.7. The molecule has 0 radical (unpaired) electrons. The first-order valence-corrected chi connectivity index (χ1v) is 12.9. The summed E-state index contributed by atoms with van der Waals surface area (Å²) in [7, 11) is 0. The lowest BCUT2D eigenvalue weighted by Crippen LogP contribution is -2.67. The van der Waals surface area contributed by atoms with Gasteiger partial charge in [0.15, 0.2) is 0 Å². The van der Waals surface area contributed by atoms with Gasteiger partial charge in [0.25, 0.3) is 0 Å². The van der Waals surface area contributed by atoms with E-state index in [0.29, 0.717) is 24.3 Å². The Morgan fingerprint density at radius 2 is 1.59 bits per heavy atom. The van der Waals surface area contributed by atoms with Gasteiger partial charge in [-0.3, -0.25) is 4.79 Å². The van der Waals surface area contributed by atoms with Crippen LogP contribution in [0.1, 0.15) is 32.6 Å². The minimum absolute atomic E-state index is 0.132. The molecule has 0 aromatic carbocycles. The zero-order valence-electron chi connectivity index (χ0n) is 22.3. The molecule has 3 fully saturated rings. The number of rotatable bonds is 6. The van der Waals surface area contributed by atoms with Gasteiger partial charge < -0.3 is 29.5 Å². The van der Waals surface area contributed by atoms with E-state index >= 15 is 0 Å². The van der Waals surface area contributed by atoms with Crippen molar-refractivity contribution in [3.63, 3.8) is 0 Å². The first-order valence-electron chi connectivity index (χ1n) is 12.9. The van der Waals surface area contributed by atoms with Gasteiger partial charge in [-0.1, -0.05) is 13.0 Å². The summed E-state index contributed by atoms with van der Waals surface area (Å²) in [4.78, 5) is 39.3. The van der Waals surface area contributed by atoms with Crippen LogP contribution in [-0.4, -0.2) is 107 Å². The molecule has 10 nitrogen and oxygen atoms in total. The van der Waals surface area contributed by atoms with Crippen molar-refractivity contribution in [1.82, 2.24) is 14.8 Å². The van der Waals surface area contributed by atoms with E-state index in [4.69, 9.17) is 29.3 Å². The Morgan fingerprint density at radius 1 is 1.02 bits per heavy atom. The second kappa shape index (κ2) is 14.7. The Morgan fingerprint density at radius 3 is 2.05 bits per heavy atom. The first kappa shape index (κ1) is 34.1. The summed E-state index contributed by atoms with van der Waals surface area (Å²) in [6.07, 6.45) is -4.41. The molecule has 41 heavy (non-hydrogen) atoms. The predicted molar refractivity (Wildman–Crippen MR) is 130 cm³/mol. The number of likely N-dealkylation sites (tertiary alicyclic amines) is 2. The largest absolute Gasteiger partial charge is 0.490 e. The van der Waals surface area contributed by atoms with Crippen molar-refractivity contribution in [2.24, 2.45) is 11.8 Å². The van der Waals surface area contributed by atoms with Crippen molar-refractivity contribution in [3.8, 4) is 5.88 Å². The summed E-state index contributed by atoms with van der Waals surface area (Å²) in [6.45, 7) is 8.34. The van der Waals surface area contributed by atoms with Crippen LogP contribution in [0.3, 0.4) is 0 Å². The number of carboxylic acids is 2. The van der Waals surface area contributed by atoms with E-state index in [1.807, 2.05) is 23.1 Å². The number of halogens is 6. The van der Waals surface area contributed by atoms with E-state index in [1.165, 1.54) is 0 Å². The van der Waals surface area contributed by atoms with Gasteiger partial charge in [-0.25, -0.2) is 14.6 Å². The molecule has 1 aromatic rings. The number of aliphatic carboxylic acids is 2. The van der Waals surface area contributed by atoms with E-state index in [2.05, 4.69) is 16.8 Å². The van der Waals surface area contributed by atoms with Gasteiger partial charge >= 0.3 is 24.3 Å². The van der Waals surface area contributed by atoms with Gasteiger partial charge in [0.1, 0.15) is 5.60 Å². The molecule has 0 aliphatic carbocycles. The molecule has 0 bridgehead atoms. The third-order valence-corrected chi connectivity index (χ3v) is 7.05. The minimum atomic E-state index is -5.08. The third-order valence-electron chi connectivity index (χ3n) is 7.05. The fourth-order valence-corrected chi connectivity index (χ4v) is 4.79. The van der Waals surface area contributed by atoms with Crippen molar-refractivity contribution in [2.75, 3.05) is 45.9 Å². The number of aromatic nitrogens is 1. The average Bonchev–Trinajstić information content (AvgIpc) is 3.32. The number of pyridine rings is 1. The van der Waals surface area contributed by atoms with Crippen LogP contribution in [0.25, 0.3) is 0 Å². The van der Waals surface area contributed by atoms with Crippen LogP contribution in [0.2, 0.25) is 0 Å². The van der Waals surface area contributed by atoms with E-state index in [0.717, 1.165) is 65.0 Å². The SMILES string of the molecule is CCN1CCC(C(=O)N2CC3(C2)OCCC3CCOc2ccccn2)CC1.O=C(O)C(F)(F)F.O=C(O)C(F)(F)F. The highest BCUT2D eigenvalue weighted by Crippen LogP contribution is 2.42. The van der Waals surface area contributed by atoms with Crippen molar-refractivity contribution < 1.29 is 60.4 Å². The Hall–Kier alpha value is -3.14. The molecule has 1 atom stereocenters. The highest BCUT2D eigenvalue weighted by molar-refractivity contribution is 5.80. The first-order chi connectivity index (χ1) is 19.1. The lowest BCUT2D eigenvalue weighted by atomic mass is 9.78. The fourth-order valence-electron chi connectivity index (χ4n) is 4.79. The molecule has 232 valence electrons. The summed E-state index contributed by atoms with van der Waals surface area (Å²) in [5, 5.41) is 14.2. The van der Waals surface area contributed by atoms with Crippen LogP contribution in [-0.2, 0) is 19.1 Å². The number of hydrogen-bond donors (Lipinski definition) is 2. The second-order valence-corrected chi connectivity index (χ2v) is 9.71. The van der Waals surface area contributed by atoms with Crippen LogP contribution in [0, 0.1) is 11.8 Å². The maximum atomic E-state index is 12.8. The molecule has 1 unspecified atom stereocenters. The minimum Gasteiger partial charge on any atom is -0.478 e. The van der Waals surface area contributed by atoms with Crippen LogP contribution in [0.4, 0.5) is 26.3 Å². The Balaban J connectivity index is 0.000000349. The predicted octanol–water partition coefficient (Wildman–Crippen LogP) is 3.47. The number of piperidine rings is 1. The molecule has 1 spiro atoms. The Kier molecular flexibility index (Phi) is 12.2. The highest BCUT2D eigenvalue weighted by Gasteiger charge is 2.54. The number of hydrogen-bond acceptors (Lipinski definition) is 7. The molecule has 0 saturated carbocycles. The zero-order chi connectivity index (χ0) is 30.8. The van der Waals surface area contributed by atoms with Crippen molar-refractivity contribution in [3.05, 3.63) is 24.4 Å². The molecular weight excluding hydrogens is 568 g/mol. The Labute approximate surface area is 232 Å². The standard InChI is InChI=1S/C21H31N3O3.2C2HF3O2/c1-2-23-11-6-17(7-12-23)20(25)24-15-21(16-24)18(9-14-27-21)8-13-26-19-5-3-4-10-22-19;2*3-2(4,5)1(6)7/h3-5,10,17-18H,2,6-9,11-16H2,1H3;2*(H,6,7). The molecule has 2 N–H and O–H groups in total. The number of nitrogens with zero attached hydrogens (tertiary/aromatic N) is 3. The molecule has 4 rings (SSSR count). The summed E-state index contributed by atoms with van der Waals surface area (Å²) < 4.78 is 75.4. The van der Waals surface area contributed by atoms with Crippen molar-refractivity contribution in [1.29, 1.82) is 0 Å². The highest BCUT2D eigenvalue weighted by atomic mass is 19.4. The molecular formula is C25H33F6N3O7. The van der Waals surface area contributed by atoms with Crippen LogP contribution in [0.15, 0.2) is 24.4 Å². The summed E-state index contributed by atoms with van der Waals surface area (Å²) >= 11 is 0. The van der Waals surface area contributed by atoms with Crippen molar-refractivity contribution >= 4 is 17.8 Å². The monoisotopic (exact) mass is 601 g/mol. The molecule has 3 aliphatic heterocycles. The van der Waals surface area contributed by atoms with E-state index in [1.54, 1.807) is 6.20 Å². The van der Waals surface area contributed by atoms with Crippen LogP contribution in [0.5, 0.6) is 5.88 Å². The van der Waals surface area contributed by atoms with Crippen LogP contribution < -0.4 is 4.74 Å². The summed E-state index contributed by atoms with van der Waals surface area (Å²) in [5.41, 5.74) is -0.132. The molecule has 3 saturated heterocycles. The van der Waals surface area contributed by atoms with Gasteiger partial charge in [-0.15, -0.1) is 0 Å². The molecule has 4 heterocycles. The van der Waals surface area contributed by atoms with Crippen LogP contribution >= 0.6 is 0 Å². The molecule has 16 heteroatoms. The molecule has 1 aromatic heterocycles. The van der Waals surface area contributed by atoms with Gasteiger partial charge in [-0.05, 0) is 57.3 Å². The topological polar surface area (TPSA) is 130 Å². The van der Waals surface area contributed by atoms with E-state index in [-0.39, 0.29) is 11.5 Å². The number of carbonyl (C=O) groups excluding carboxylic acids is 1. The number of alkyl halides is 6. The quantitative estimate of drug-likeness (QED) is 0.471. The maximum Gasteiger partial charge on any atom is 0.490 e. The summed E-state index contributed by atoms with van der Waals surface area (Å²) in [6, 6.07) is 5.70. The number of carboxylic acid groups (broad SMARTS) is 2. The lowest BCUT2D eigenvalue weighted by molar-refractivity contribution is -0.193. The molecule has 3 aliphatic rings. The van der Waals surface area contributed by atoms with Gasteiger partial charge in [-0.2, -0.15) is 26.3 Å². The fraction of sp³-hybridized carbons (Fsp3) is 0.680. The zero-order valence-corrected chi connectivity index (χ0v) is 22.3. The summed E-state index contributed by atoms with van der Waals surface area (Å²) in [5.74, 6) is -3.82. The third kappa shape index (κ3) is 10.3.